The minimum absolute atomic E-state index is 0.767. The Labute approximate surface area is 147 Å². The van der Waals surface area contributed by atoms with Crippen LogP contribution in [0.5, 0.6) is 11.5 Å². The summed E-state index contributed by atoms with van der Waals surface area (Å²) in [6, 6.07) is 12.6. The van der Waals surface area contributed by atoms with Crippen molar-refractivity contribution in [2.24, 2.45) is 4.99 Å². The minimum atomic E-state index is 0.767. The van der Waals surface area contributed by atoms with Crippen LogP contribution in [0.4, 0.5) is 0 Å². The summed E-state index contributed by atoms with van der Waals surface area (Å²) in [4.78, 5) is 8.14. The van der Waals surface area contributed by atoms with Gasteiger partial charge >= 0.3 is 0 Å². The number of H-pyrrole nitrogens is 1. The highest BCUT2D eigenvalue weighted by atomic mass is 16.5. The smallest absolute Gasteiger partial charge is 0.161 e. The second-order valence-corrected chi connectivity index (χ2v) is 6.30. The lowest BCUT2D eigenvalue weighted by molar-refractivity contribution is 0.354. The monoisotopic (exact) mass is 334 g/mol. The molecular weight excluding hydrogens is 312 g/mol. The minimum Gasteiger partial charge on any atom is -0.493 e. The molecule has 0 saturated heterocycles. The van der Waals surface area contributed by atoms with Crippen molar-refractivity contribution >= 4 is 16.6 Å². The zero-order chi connectivity index (χ0) is 17.2. The zero-order valence-electron chi connectivity index (χ0n) is 14.6. The molecule has 0 fully saturated rings. The summed E-state index contributed by atoms with van der Waals surface area (Å²) in [5.41, 5.74) is 6.18. The van der Waals surface area contributed by atoms with Gasteiger partial charge in [0.05, 0.1) is 14.2 Å². The molecule has 4 rings (SSSR count). The molecule has 1 aliphatic heterocycles. The number of aryl methyl sites for hydroxylation is 1. The second-order valence-electron chi connectivity index (χ2n) is 6.30. The maximum absolute atomic E-state index is 5.47. The Morgan fingerprint density at radius 1 is 1.04 bits per heavy atom. The third-order valence-electron chi connectivity index (χ3n) is 4.91. The van der Waals surface area contributed by atoms with Crippen molar-refractivity contribution in [3.63, 3.8) is 0 Å². The average Bonchev–Trinajstić information content (AvgIpc) is 3.08. The number of benzene rings is 2. The number of aromatic nitrogens is 1. The fourth-order valence-corrected chi connectivity index (χ4v) is 3.60. The van der Waals surface area contributed by atoms with Crippen LogP contribution in [-0.4, -0.2) is 31.5 Å². The van der Waals surface area contributed by atoms with Gasteiger partial charge < -0.3 is 14.5 Å². The van der Waals surface area contributed by atoms with Crippen LogP contribution < -0.4 is 9.47 Å². The van der Waals surface area contributed by atoms with E-state index in [1.165, 1.54) is 27.6 Å². The Hall–Kier alpha value is -2.75. The van der Waals surface area contributed by atoms with E-state index in [1.807, 2.05) is 0 Å². The molecule has 1 aromatic heterocycles. The van der Waals surface area contributed by atoms with Crippen LogP contribution in [0.3, 0.4) is 0 Å². The molecule has 3 aromatic rings. The third-order valence-corrected chi connectivity index (χ3v) is 4.91. The summed E-state index contributed by atoms with van der Waals surface area (Å²) in [6.45, 7) is 0.839. The lowest BCUT2D eigenvalue weighted by atomic mass is 9.93. The van der Waals surface area contributed by atoms with Crippen molar-refractivity contribution in [3.05, 3.63) is 59.3 Å². The Morgan fingerprint density at radius 3 is 2.68 bits per heavy atom. The van der Waals surface area contributed by atoms with Crippen molar-refractivity contribution in [2.75, 3.05) is 20.8 Å². The number of methoxy groups -OCH3 is 2. The maximum Gasteiger partial charge on any atom is 0.161 e. The highest BCUT2D eigenvalue weighted by Gasteiger charge is 2.18. The van der Waals surface area contributed by atoms with Gasteiger partial charge in [-0.15, -0.1) is 0 Å². The largest absolute Gasteiger partial charge is 0.493 e. The van der Waals surface area contributed by atoms with E-state index in [4.69, 9.17) is 14.5 Å². The number of para-hydroxylation sites is 1. The molecule has 4 heteroatoms. The van der Waals surface area contributed by atoms with Crippen molar-refractivity contribution in [1.82, 2.24) is 4.98 Å². The van der Waals surface area contributed by atoms with Crippen LogP contribution in [0.25, 0.3) is 10.9 Å². The zero-order valence-corrected chi connectivity index (χ0v) is 14.6. The average molecular weight is 334 g/mol. The number of fused-ring (bicyclic) bond motifs is 2. The van der Waals surface area contributed by atoms with Crippen molar-refractivity contribution in [3.8, 4) is 11.5 Å². The van der Waals surface area contributed by atoms with E-state index in [-0.39, 0.29) is 0 Å². The van der Waals surface area contributed by atoms with E-state index in [9.17, 15) is 0 Å². The molecule has 128 valence electrons. The first-order valence-electron chi connectivity index (χ1n) is 8.63. The second kappa shape index (κ2) is 6.63. The van der Waals surface area contributed by atoms with Gasteiger partial charge in [-0.1, -0.05) is 18.2 Å². The molecule has 2 heterocycles. The SMILES string of the molecule is COc1cc2c(cc1OC)C(CCc1c[nH]c3ccccc13)=NCC2. The fraction of sp³-hybridized carbons (Fsp3) is 0.286. The summed E-state index contributed by atoms with van der Waals surface area (Å²) < 4.78 is 10.9. The first kappa shape index (κ1) is 15.8. The van der Waals surface area contributed by atoms with E-state index in [2.05, 4.69) is 47.6 Å². The molecule has 0 radical (unpaired) electrons. The summed E-state index contributed by atoms with van der Waals surface area (Å²) in [6.07, 6.45) is 4.96. The first-order valence-corrected chi connectivity index (χ1v) is 8.63. The molecule has 0 amide bonds. The van der Waals surface area contributed by atoms with Gasteiger partial charge in [-0.3, -0.25) is 4.99 Å². The summed E-state index contributed by atoms with van der Waals surface area (Å²) >= 11 is 0. The molecule has 4 nitrogen and oxygen atoms in total. The Bertz CT molecular complexity index is 940. The lowest BCUT2D eigenvalue weighted by Gasteiger charge is -2.19. The van der Waals surface area contributed by atoms with Crippen LogP contribution >= 0.6 is 0 Å². The maximum atomic E-state index is 5.47. The number of nitrogens with one attached hydrogen (secondary N) is 1. The Balaban J connectivity index is 1.61. The molecule has 1 aliphatic rings. The molecule has 0 atom stereocenters. The molecule has 1 N–H and O–H groups in total. The predicted molar refractivity (Wildman–Crippen MR) is 101 cm³/mol. The van der Waals surface area contributed by atoms with Crippen LogP contribution in [0.1, 0.15) is 23.1 Å². The van der Waals surface area contributed by atoms with Gasteiger partial charge in [0, 0.05) is 34.9 Å². The third kappa shape index (κ3) is 2.88. The number of rotatable bonds is 5. The van der Waals surface area contributed by atoms with Gasteiger partial charge in [-0.2, -0.15) is 0 Å². The van der Waals surface area contributed by atoms with Crippen molar-refractivity contribution in [1.29, 1.82) is 0 Å². The number of nitrogens with zero attached hydrogens (tertiary/aromatic N) is 1. The summed E-state index contributed by atoms with van der Waals surface area (Å²) in [5, 5.41) is 1.30. The number of hydrogen-bond acceptors (Lipinski definition) is 3. The van der Waals surface area contributed by atoms with E-state index in [1.54, 1.807) is 14.2 Å². The lowest BCUT2D eigenvalue weighted by Crippen LogP contribution is -2.14. The molecule has 25 heavy (non-hydrogen) atoms. The number of aromatic amines is 1. The highest BCUT2D eigenvalue weighted by molar-refractivity contribution is 6.03. The quantitative estimate of drug-likeness (QED) is 0.761. The van der Waals surface area contributed by atoms with Gasteiger partial charge in [-0.05, 0) is 48.6 Å². The fourth-order valence-electron chi connectivity index (χ4n) is 3.60. The molecular formula is C21H22N2O2. The van der Waals surface area contributed by atoms with Crippen molar-refractivity contribution in [2.45, 2.75) is 19.3 Å². The molecule has 2 aromatic carbocycles. The van der Waals surface area contributed by atoms with Gasteiger partial charge in [0.25, 0.3) is 0 Å². The summed E-state index contributed by atoms with van der Waals surface area (Å²) in [7, 11) is 3.36. The van der Waals surface area contributed by atoms with E-state index >= 15 is 0 Å². The normalized spacial score (nSPS) is 13.4. The Kier molecular flexibility index (Phi) is 4.18. The van der Waals surface area contributed by atoms with E-state index in [0.29, 0.717) is 0 Å². The van der Waals surface area contributed by atoms with E-state index < -0.39 is 0 Å². The van der Waals surface area contributed by atoms with Crippen LogP contribution in [0.2, 0.25) is 0 Å². The first-order chi connectivity index (χ1) is 12.3. The van der Waals surface area contributed by atoms with Crippen LogP contribution in [-0.2, 0) is 12.8 Å². The number of ether oxygens (including phenoxy) is 2. The van der Waals surface area contributed by atoms with Gasteiger partial charge in [0.15, 0.2) is 11.5 Å². The molecule has 0 aliphatic carbocycles. The van der Waals surface area contributed by atoms with Gasteiger partial charge in [0.2, 0.25) is 0 Å². The number of aliphatic imine (C=N–C) groups is 1. The standard InChI is InChI=1S/C21H22N2O2/c1-24-20-11-14-9-10-22-19(17(14)12-21(20)25-2)8-7-15-13-23-18-6-4-3-5-16(15)18/h3-6,11-13,23H,7-10H2,1-2H3. The van der Waals surface area contributed by atoms with Crippen LogP contribution in [0, 0.1) is 0 Å². The topological polar surface area (TPSA) is 46.6 Å². The molecule has 0 unspecified atom stereocenters. The molecule has 0 spiro atoms. The predicted octanol–water partition coefficient (Wildman–Crippen LogP) is 4.16. The molecule has 0 saturated carbocycles. The summed E-state index contributed by atoms with van der Waals surface area (Å²) in [5.74, 6) is 1.56. The van der Waals surface area contributed by atoms with Gasteiger partial charge in [0.1, 0.15) is 0 Å². The molecule has 0 bridgehead atoms. The van der Waals surface area contributed by atoms with E-state index in [0.717, 1.165) is 43.0 Å². The van der Waals surface area contributed by atoms with Gasteiger partial charge in [-0.25, -0.2) is 0 Å². The van der Waals surface area contributed by atoms with Crippen molar-refractivity contribution < 1.29 is 9.47 Å². The number of hydrogen-bond donors (Lipinski definition) is 1. The highest BCUT2D eigenvalue weighted by Crippen LogP contribution is 2.33. The Morgan fingerprint density at radius 2 is 1.84 bits per heavy atom. The van der Waals surface area contributed by atoms with Crippen LogP contribution in [0.15, 0.2) is 47.6 Å².